The van der Waals surface area contributed by atoms with Gasteiger partial charge in [-0.15, -0.1) is 0 Å². The van der Waals surface area contributed by atoms with E-state index < -0.39 is 0 Å². The summed E-state index contributed by atoms with van der Waals surface area (Å²) in [6.07, 6.45) is 10.6. The maximum absolute atomic E-state index is 2.47. The Balaban J connectivity index is 2.20. The highest BCUT2D eigenvalue weighted by atomic mass is 127. The summed E-state index contributed by atoms with van der Waals surface area (Å²) in [6, 6.07) is 9.28. The molecule has 1 rings (SSSR count). The van der Waals surface area contributed by atoms with E-state index in [1.807, 2.05) is 0 Å². The monoisotopic (exact) mass is 344 g/mol. The molecule has 0 fully saturated rings. The molecule has 17 heavy (non-hydrogen) atoms. The Kier molecular flexibility index (Phi) is 8.76. The van der Waals surface area contributed by atoms with E-state index in [4.69, 9.17) is 0 Å². The summed E-state index contributed by atoms with van der Waals surface area (Å²) in [6.45, 7) is 2.25. The van der Waals surface area contributed by atoms with Crippen molar-refractivity contribution >= 4 is 22.6 Å². The van der Waals surface area contributed by atoms with Crippen molar-refractivity contribution in [3.63, 3.8) is 0 Å². The quantitative estimate of drug-likeness (QED) is 0.312. The van der Waals surface area contributed by atoms with Crippen molar-refractivity contribution in [1.82, 2.24) is 0 Å². The Morgan fingerprint density at radius 2 is 1.29 bits per heavy atom. The third kappa shape index (κ3) is 7.07. The Morgan fingerprint density at radius 3 is 1.82 bits per heavy atom. The van der Waals surface area contributed by atoms with Gasteiger partial charge in [-0.05, 0) is 47.7 Å². The highest BCUT2D eigenvalue weighted by Gasteiger charge is 1.96. The van der Waals surface area contributed by atoms with Gasteiger partial charge < -0.3 is 0 Å². The number of hydrogen-bond donors (Lipinski definition) is 0. The molecule has 96 valence electrons. The molecule has 0 N–H and O–H groups in total. The Hall–Kier alpha value is -0.0500. The van der Waals surface area contributed by atoms with Crippen LogP contribution in [-0.4, -0.2) is 4.43 Å². The first kappa shape index (κ1) is 15.0. The fourth-order valence-corrected chi connectivity index (χ4v) is 2.57. The zero-order chi connectivity index (χ0) is 12.3. The second-order valence-corrected chi connectivity index (χ2v) is 5.85. The van der Waals surface area contributed by atoms with Crippen LogP contribution in [0.5, 0.6) is 0 Å². The van der Waals surface area contributed by atoms with E-state index in [-0.39, 0.29) is 0 Å². The van der Waals surface area contributed by atoms with Gasteiger partial charge in [0.2, 0.25) is 0 Å². The molecule has 0 aliphatic rings. The topological polar surface area (TPSA) is 0 Å². The van der Waals surface area contributed by atoms with E-state index in [1.54, 1.807) is 0 Å². The first-order valence-corrected chi connectivity index (χ1v) is 8.53. The van der Waals surface area contributed by atoms with Crippen LogP contribution >= 0.6 is 22.6 Å². The van der Waals surface area contributed by atoms with Crippen molar-refractivity contribution < 1.29 is 0 Å². The largest absolute Gasteiger partial charge is 0.0864 e. The highest BCUT2D eigenvalue weighted by molar-refractivity contribution is 14.1. The zero-order valence-electron chi connectivity index (χ0n) is 11.1. The minimum Gasteiger partial charge on any atom is -0.0864 e. The lowest BCUT2D eigenvalue weighted by molar-refractivity contribution is 0.673. The second kappa shape index (κ2) is 9.93. The summed E-state index contributed by atoms with van der Waals surface area (Å²) in [4.78, 5) is 0. The lowest BCUT2D eigenvalue weighted by atomic mass is 10.0. The normalized spacial score (nSPS) is 10.7. The molecule has 0 aliphatic carbocycles. The lowest BCUT2D eigenvalue weighted by Gasteiger charge is -2.04. The van der Waals surface area contributed by atoms with E-state index >= 15 is 0 Å². The van der Waals surface area contributed by atoms with Crippen LogP contribution in [0.3, 0.4) is 0 Å². The van der Waals surface area contributed by atoms with Crippen LogP contribution in [0.4, 0.5) is 0 Å². The SMILES string of the molecule is CCCCc1ccc(CCCCCCI)cc1. The smallest absolute Gasteiger partial charge is 0.000473 e. The van der Waals surface area contributed by atoms with Crippen LogP contribution < -0.4 is 0 Å². The van der Waals surface area contributed by atoms with E-state index in [1.165, 1.54) is 66.9 Å². The van der Waals surface area contributed by atoms with Gasteiger partial charge in [0.1, 0.15) is 0 Å². The molecule has 0 aliphatic heterocycles. The number of unbranched alkanes of at least 4 members (excludes halogenated alkanes) is 4. The first-order valence-electron chi connectivity index (χ1n) is 7.00. The van der Waals surface area contributed by atoms with Gasteiger partial charge in [0, 0.05) is 0 Å². The minimum absolute atomic E-state index is 1.24. The van der Waals surface area contributed by atoms with Crippen molar-refractivity contribution in [1.29, 1.82) is 0 Å². The number of aryl methyl sites for hydroxylation is 2. The molecule has 0 heterocycles. The number of hydrogen-bond acceptors (Lipinski definition) is 0. The molecule has 0 radical (unpaired) electrons. The Morgan fingerprint density at radius 1 is 0.765 bits per heavy atom. The fraction of sp³-hybridized carbons (Fsp3) is 0.625. The molecule has 0 saturated heterocycles. The van der Waals surface area contributed by atoms with Crippen molar-refractivity contribution in [2.24, 2.45) is 0 Å². The molecule has 0 atom stereocenters. The van der Waals surface area contributed by atoms with Crippen LogP contribution in [0.15, 0.2) is 24.3 Å². The predicted molar refractivity (Wildman–Crippen MR) is 86.1 cm³/mol. The molecule has 0 bridgehead atoms. The molecule has 0 aromatic heterocycles. The molecule has 1 aromatic carbocycles. The average Bonchev–Trinajstić information content (AvgIpc) is 2.37. The molecule has 0 amide bonds. The predicted octanol–water partition coefficient (Wildman–Crippen LogP) is 5.57. The van der Waals surface area contributed by atoms with Gasteiger partial charge in [0.15, 0.2) is 0 Å². The molecule has 0 saturated carbocycles. The Labute approximate surface area is 120 Å². The molecule has 0 nitrogen and oxygen atoms in total. The third-order valence-corrected chi connectivity index (χ3v) is 3.95. The minimum atomic E-state index is 1.24. The lowest BCUT2D eigenvalue weighted by Crippen LogP contribution is -1.89. The summed E-state index contributed by atoms with van der Waals surface area (Å²) in [5, 5.41) is 0. The summed E-state index contributed by atoms with van der Waals surface area (Å²) >= 11 is 2.47. The summed E-state index contributed by atoms with van der Waals surface area (Å²) in [5.74, 6) is 0. The van der Waals surface area contributed by atoms with Gasteiger partial charge in [-0.25, -0.2) is 0 Å². The third-order valence-electron chi connectivity index (χ3n) is 3.19. The van der Waals surface area contributed by atoms with Crippen LogP contribution in [0.1, 0.15) is 56.6 Å². The van der Waals surface area contributed by atoms with Crippen LogP contribution in [0.2, 0.25) is 0 Å². The van der Waals surface area contributed by atoms with Crippen LogP contribution in [0.25, 0.3) is 0 Å². The zero-order valence-corrected chi connectivity index (χ0v) is 13.2. The summed E-state index contributed by atoms with van der Waals surface area (Å²) in [7, 11) is 0. The number of halogens is 1. The summed E-state index contributed by atoms with van der Waals surface area (Å²) < 4.78 is 1.31. The van der Waals surface area contributed by atoms with Gasteiger partial charge in [-0.1, -0.05) is 73.0 Å². The highest BCUT2D eigenvalue weighted by Crippen LogP contribution is 2.11. The van der Waals surface area contributed by atoms with E-state index in [9.17, 15) is 0 Å². The number of alkyl halides is 1. The number of benzene rings is 1. The van der Waals surface area contributed by atoms with Gasteiger partial charge in [0.25, 0.3) is 0 Å². The maximum Gasteiger partial charge on any atom is -0.000473 e. The van der Waals surface area contributed by atoms with Crippen LogP contribution in [0, 0.1) is 0 Å². The molecule has 1 aromatic rings. The van der Waals surface area contributed by atoms with Gasteiger partial charge in [-0.2, -0.15) is 0 Å². The van der Waals surface area contributed by atoms with Gasteiger partial charge in [0.05, 0.1) is 0 Å². The van der Waals surface area contributed by atoms with Crippen molar-refractivity contribution in [2.45, 2.75) is 58.3 Å². The van der Waals surface area contributed by atoms with Crippen molar-refractivity contribution in [3.8, 4) is 0 Å². The summed E-state index contributed by atoms with van der Waals surface area (Å²) in [5.41, 5.74) is 3.01. The number of rotatable bonds is 9. The van der Waals surface area contributed by atoms with Crippen LogP contribution in [-0.2, 0) is 12.8 Å². The molecular formula is C16H25I. The van der Waals surface area contributed by atoms with Gasteiger partial charge in [-0.3, -0.25) is 0 Å². The molecule has 0 spiro atoms. The van der Waals surface area contributed by atoms with E-state index in [0.29, 0.717) is 0 Å². The average molecular weight is 344 g/mol. The van der Waals surface area contributed by atoms with E-state index in [0.717, 1.165) is 0 Å². The molecular weight excluding hydrogens is 319 g/mol. The van der Waals surface area contributed by atoms with Crippen molar-refractivity contribution in [3.05, 3.63) is 35.4 Å². The maximum atomic E-state index is 2.47. The van der Waals surface area contributed by atoms with E-state index in [2.05, 4.69) is 53.8 Å². The molecule has 1 heteroatoms. The van der Waals surface area contributed by atoms with Crippen molar-refractivity contribution in [2.75, 3.05) is 4.43 Å². The van der Waals surface area contributed by atoms with Gasteiger partial charge >= 0.3 is 0 Å². The molecule has 0 unspecified atom stereocenters. The first-order chi connectivity index (χ1) is 8.36. The standard InChI is InChI=1S/C16H25I/c1-2-3-8-15-10-12-16(13-11-15)9-6-4-5-7-14-17/h10-13H,2-9,14H2,1H3. The fourth-order valence-electron chi connectivity index (χ4n) is 2.03. The Bertz CT molecular complexity index is 276. The second-order valence-electron chi connectivity index (χ2n) is 4.77.